The van der Waals surface area contributed by atoms with Gasteiger partial charge in [-0.25, -0.2) is 0 Å². The smallest absolute Gasteiger partial charge is 0.246 e. The van der Waals surface area contributed by atoms with Crippen LogP contribution in [-0.4, -0.2) is 15.6 Å². The van der Waals surface area contributed by atoms with Gasteiger partial charge in [0.15, 0.2) is 10.4 Å². The fraction of sp³-hybridized carbons (Fsp3) is 0.273. The average Bonchev–Trinajstić information content (AvgIpc) is 2.87. The van der Waals surface area contributed by atoms with Gasteiger partial charge in [-0.05, 0) is 40.5 Å². The third kappa shape index (κ3) is 2.09. The van der Waals surface area contributed by atoms with E-state index in [1.807, 2.05) is 6.92 Å². The van der Waals surface area contributed by atoms with Crippen molar-refractivity contribution in [2.24, 2.45) is 0 Å². The summed E-state index contributed by atoms with van der Waals surface area (Å²) in [5.74, 6) is 0.182. The molecule has 5 heteroatoms. The van der Waals surface area contributed by atoms with Gasteiger partial charge in [0.1, 0.15) is 5.69 Å². The highest BCUT2D eigenvalue weighted by molar-refractivity contribution is 9.10. The predicted octanol–water partition coefficient (Wildman–Crippen LogP) is 2.88. The van der Waals surface area contributed by atoms with Crippen LogP contribution in [-0.2, 0) is 6.54 Å². The van der Waals surface area contributed by atoms with Crippen LogP contribution >= 0.6 is 15.9 Å². The summed E-state index contributed by atoms with van der Waals surface area (Å²) in [4.78, 5) is 12.0. The number of nitrogens with zero attached hydrogens (tertiary/aromatic N) is 2. The zero-order chi connectivity index (χ0) is 11.5. The SMILES string of the molecule is CCCn1nccc1C(=O)c1ccc(Br)o1. The van der Waals surface area contributed by atoms with Crippen molar-refractivity contribution in [1.29, 1.82) is 0 Å². The van der Waals surface area contributed by atoms with Crippen molar-refractivity contribution in [1.82, 2.24) is 9.78 Å². The third-order valence-electron chi connectivity index (χ3n) is 2.18. The first kappa shape index (κ1) is 11.1. The largest absolute Gasteiger partial charge is 0.446 e. The maximum atomic E-state index is 12.0. The summed E-state index contributed by atoms with van der Waals surface area (Å²) in [7, 11) is 0. The third-order valence-corrected chi connectivity index (χ3v) is 2.61. The molecule has 0 saturated carbocycles. The molecule has 84 valence electrons. The van der Waals surface area contributed by atoms with E-state index in [0.29, 0.717) is 16.1 Å². The van der Waals surface area contributed by atoms with Crippen LogP contribution in [0.2, 0.25) is 0 Å². The van der Waals surface area contributed by atoms with E-state index in [0.717, 1.165) is 13.0 Å². The van der Waals surface area contributed by atoms with Gasteiger partial charge in [-0.15, -0.1) is 0 Å². The molecule has 0 bridgehead atoms. The molecule has 0 amide bonds. The molecule has 0 fully saturated rings. The Balaban J connectivity index is 2.30. The van der Waals surface area contributed by atoms with Crippen molar-refractivity contribution in [3.8, 4) is 0 Å². The zero-order valence-electron chi connectivity index (χ0n) is 8.81. The Hall–Kier alpha value is -1.36. The van der Waals surface area contributed by atoms with E-state index < -0.39 is 0 Å². The van der Waals surface area contributed by atoms with E-state index in [1.165, 1.54) is 0 Å². The van der Waals surface area contributed by atoms with Crippen molar-refractivity contribution in [2.75, 3.05) is 0 Å². The second-order valence-electron chi connectivity index (χ2n) is 3.37. The van der Waals surface area contributed by atoms with Gasteiger partial charge in [0.05, 0.1) is 0 Å². The van der Waals surface area contributed by atoms with E-state index in [1.54, 1.807) is 29.1 Å². The van der Waals surface area contributed by atoms with Gasteiger partial charge in [0, 0.05) is 12.7 Å². The first-order valence-corrected chi connectivity index (χ1v) is 5.83. The second kappa shape index (κ2) is 4.65. The highest BCUT2D eigenvalue weighted by atomic mass is 79.9. The number of carbonyl (C=O) groups excluding carboxylic acids is 1. The summed E-state index contributed by atoms with van der Waals surface area (Å²) >= 11 is 3.17. The molecule has 0 radical (unpaired) electrons. The Labute approximate surface area is 101 Å². The number of hydrogen-bond donors (Lipinski definition) is 0. The zero-order valence-corrected chi connectivity index (χ0v) is 10.4. The molecule has 0 N–H and O–H groups in total. The Kier molecular flexibility index (Phi) is 3.24. The molecule has 2 rings (SSSR count). The van der Waals surface area contributed by atoms with Crippen molar-refractivity contribution < 1.29 is 9.21 Å². The number of aromatic nitrogens is 2. The first-order chi connectivity index (χ1) is 7.72. The Morgan fingerprint density at radius 1 is 1.50 bits per heavy atom. The van der Waals surface area contributed by atoms with Crippen molar-refractivity contribution in [2.45, 2.75) is 19.9 Å². The summed E-state index contributed by atoms with van der Waals surface area (Å²) in [5.41, 5.74) is 0.559. The highest BCUT2D eigenvalue weighted by Crippen LogP contribution is 2.17. The van der Waals surface area contributed by atoms with Crippen LogP contribution in [0.15, 0.2) is 33.5 Å². The Bertz CT molecular complexity index is 502. The summed E-state index contributed by atoms with van der Waals surface area (Å²) < 4.78 is 7.47. The quantitative estimate of drug-likeness (QED) is 0.810. The molecule has 2 aromatic heterocycles. The van der Waals surface area contributed by atoms with Crippen LogP contribution < -0.4 is 0 Å². The number of aryl methyl sites for hydroxylation is 1. The Morgan fingerprint density at radius 2 is 2.31 bits per heavy atom. The van der Waals surface area contributed by atoms with Crippen molar-refractivity contribution in [3.05, 3.63) is 40.5 Å². The van der Waals surface area contributed by atoms with E-state index >= 15 is 0 Å². The summed E-state index contributed by atoms with van der Waals surface area (Å²) in [6, 6.07) is 5.05. The fourth-order valence-electron chi connectivity index (χ4n) is 1.48. The standard InChI is InChI=1S/C11H11BrN2O2/c1-2-7-14-8(5-6-13-14)11(15)9-3-4-10(12)16-9/h3-6H,2,7H2,1H3. The number of ketones is 1. The maximum absolute atomic E-state index is 12.0. The fourth-order valence-corrected chi connectivity index (χ4v) is 1.78. The van der Waals surface area contributed by atoms with Gasteiger partial charge in [-0.3, -0.25) is 9.48 Å². The van der Waals surface area contributed by atoms with Crippen molar-refractivity contribution in [3.63, 3.8) is 0 Å². The lowest BCUT2D eigenvalue weighted by atomic mass is 10.2. The van der Waals surface area contributed by atoms with Crippen LogP contribution in [0.5, 0.6) is 0 Å². The number of hydrogen-bond acceptors (Lipinski definition) is 3. The molecule has 2 heterocycles. The summed E-state index contributed by atoms with van der Waals surface area (Å²) in [5, 5.41) is 4.10. The van der Waals surface area contributed by atoms with E-state index in [9.17, 15) is 4.79 Å². The molecule has 0 aliphatic heterocycles. The van der Waals surface area contributed by atoms with Gasteiger partial charge in [-0.1, -0.05) is 6.92 Å². The number of furan rings is 1. The van der Waals surface area contributed by atoms with E-state index in [4.69, 9.17) is 4.42 Å². The monoisotopic (exact) mass is 282 g/mol. The molecule has 0 unspecified atom stereocenters. The molecule has 2 aromatic rings. The molecule has 0 spiro atoms. The minimum Gasteiger partial charge on any atom is -0.446 e. The normalized spacial score (nSPS) is 10.6. The molecule has 0 aromatic carbocycles. The molecule has 0 aliphatic carbocycles. The Morgan fingerprint density at radius 3 is 2.94 bits per heavy atom. The minimum absolute atomic E-state index is 0.142. The van der Waals surface area contributed by atoms with Crippen LogP contribution in [0.4, 0.5) is 0 Å². The van der Waals surface area contributed by atoms with Crippen LogP contribution in [0.3, 0.4) is 0 Å². The lowest BCUT2D eigenvalue weighted by molar-refractivity contribution is 0.0997. The number of rotatable bonds is 4. The molecule has 0 atom stereocenters. The van der Waals surface area contributed by atoms with E-state index in [-0.39, 0.29) is 5.78 Å². The molecule has 0 saturated heterocycles. The number of halogens is 1. The molecular formula is C11H11BrN2O2. The summed E-state index contributed by atoms with van der Waals surface area (Å²) in [6.45, 7) is 2.77. The predicted molar refractivity (Wildman–Crippen MR) is 62.4 cm³/mol. The van der Waals surface area contributed by atoms with Crippen molar-refractivity contribution >= 4 is 21.7 Å². The van der Waals surface area contributed by atoms with Crippen LogP contribution in [0.1, 0.15) is 29.6 Å². The maximum Gasteiger partial charge on any atom is 0.246 e. The highest BCUT2D eigenvalue weighted by Gasteiger charge is 2.17. The van der Waals surface area contributed by atoms with Gasteiger partial charge in [0.25, 0.3) is 0 Å². The topological polar surface area (TPSA) is 48.0 Å². The van der Waals surface area contributed by atoms with E-state index in [2.05, 4.69) is 21.0 Å². The van der Waals surface area contributed by atoms with Gasteiger partial charge < -0.3 is 4.42 Å². The molecule has 16 heavy (non-hydrogen) atoms. The molecule has 4 nitrogen and oxygen atoms in total. The lowest BCUT2D eigenvalue weighted by Gasteiger charge is -2.02. The molecular weight excluding hydrogens is 272 g/mol. The van der Waals surface area contributed by atoms with Crippen LogP contribution in [0, 0.1) is 0 Å². The number of carbonyl (C=O) groups is 1. The van der Waals surface area contributed by atoms with Gasteiger partial charge >= 0.3 is 0 Å². The average molecular weight is 283 g/mol. The van der Waals surface area contributed by atoms with Crippen LogP contribution in [0.25, 0.3) is 0 Å². The second-order valence-corrected chi connectivity index (χ2v) is 4.15. The molecule has 0 aliphatic rings. The lowest BCUT2D eigenvalue weighted by Crippen LogP contribution is -2.10. The van der Waals surface area contributed by atoms with Gasteiger partial charge in [0.2, 0.25) is 5.78 Å². The minimum atomic E-state index is -0.142. The summed E-state index contributed by atoms with van der Waals surface area (Å²) in [6.07, 6.45) is 2.56. The first-order valence-electron chi connectivity index (χ1n) is 5.04. The van der Waals surface area contributed by atoms with Gasteiger partial charge in [-0.2, -0.15) is 5.10 Å².